The van der Waals surface area contributed by atoms with Gasteiger partial charge in [-0.15, -0.1) is 0 Å². The fourth-order valence-corrected chi connectivity index (χ4v) is 2.85. The Hall–Kier alpha value is -0.670. The van der Waals surface area contributed by atoms with Crippen LogP contribution in [0.4, 0.5) is 0 Å². The first kappa shape index (κ1) is 23.6. The Bertz CT molecular complexity index is 481. The quantitative estimate of drug-likeness (QED) is 0.447. The number of unbranched alkanes of at least 4 members (excludes halogenated alkanes) is 3. The van der Waals surface area contributed by atoms with Gasteiger partial charge in [-0.3, -0.25) is 4.79 Å². The summed E-state index contributed by atoms with van der Waals surface area (Å²) < 4.78 is 46.7. The summed E-state index contributed by atoms with van der Waals surface area (Å²) in [4.78, 5) is 10.6. The van der Waals surface area contributed by atoms with Crippen LogP contribution in [0.5, 0.6) is 0 Å². The zero-order valence-corrected chi connectivity index (χ0v) is 15.2. The summed E-state index contributed by atoms with van der Waals surface area (Å²) in [6.07, 6.45) is 5.97. The Kier molecular flexibility index (Phi) is 13.8. The molecule has 0 aliphatic heterocycles. The van der Waals surface area contributed by atoms with Crippen LogP contribution in [-0.4, -0.2) is 65.6 Å². The lowest BCUT2D eigenvalue weighted by Gasteiger charge is -1.98. The van der Waals surface area contributed by atoms with Crippen LogP contribution in [0, 0.1) is 0 Å². The van der Waals surface area contributed by atoms with Crippen molar-refractivity contribution in [3.63, 3.8) is 0 Å². The summed E-state index contributed by atoms with van der Waals surface area (Å²) >= 11 is 0. The summed E-state index contributed by atoms with van der Waals surface area (Å²) in [5, 5.41) is 8.35. The van der Waals surface area contributed by atoms with Crippen LogP contribution < -0.4 is 0 Å². The van der Waals surface area contributed by atoms with Crippen LogP contribution in [0.1, 0.15) is 38.5 Å². The van der Waals surface area contributed by atoms with E-state index in [1.165, 1.54) is 19.6 Å². The molecule has 0 amide bonds. The number of esters is 1. The van der Waals surface area contributed by atoms with Gasteiger partial charge in [-0.2, -0.15) is 0 Å². The van der Waals surface area contributed by atoms with Gasteiger partial charge in [0.05, 0.1) is 7.11 Å². The van der Waals surface area contributed by atoms with Crippen molar-refractivity contribution in [2.24, 2.45) is 0 Å². The van der Waals surface area contributed by atoms with Crippen LogP contribution in [0.2, 0.25) is 0 Å². The summed E-state index contributed by atoms with van der Waals surface area (Å²) in [5.41, 5.74) is 0. The largest absolute Gasteiger partial charge is 0.469 e. The van der Waals surface area contributed by atoms with Gasteiger partial charge >= 0.3 is 5.97 Å². The monoisotopic (exact) mass is 360 g/mol. The number of rotatable bonds is 10. The molecule has 22 heavy (non-hydrogen) atoms. The lowest BCUT2D eigenvalue weighted by Crippen LogP contribution is -2.05. The maximum absolute atomic E-state index is 10.6. The second kappa shape index (κ2) is 12.8. The standard InChI is InChI=1S/C7H14O4S.C6H14O3S/c1-11-7(8)5-3-4-6-12(2,9)10;1-10(8,9)6-4-2-3-5-7/h3-6H2,1-2H3;7H,2-6H2,1H3. The first-order valence-corrected chi connectivity index (χ1v) is 11.2. The molecule has 0 heterocycles. The topological polar surface area (TPSA) is 115 Å². The van der Waals surface area contributed by atoms with E-state index in [9.17, 15) is 21.6 Å². The van der Waals surface area contributed by atoms with E-state index < -0.39 is 19.7 Å². The lowest BCUT2D eigenvalue weighted by molar-refractivity contribution is -0.140. The molecule has 7 nitrogen and oxygen atoms in total. The van der Waals surface area contributed by atoms with Gasteiger partial charge in [0.1, 0.15) is 19.7 Å². The Morgan fingerprint density at radius 1 is 0.864 bits per heavy atom. The summed E-state index contributed by atoms with van der Waals surface area (Å²) in [6.45, 7) is 0.157. The number of hydrogen-bond acceptors (Lipinski definition) is 7. The highest BCUT2D eigenvalue weighted by atomic mass is 32.2. The van der Waals surface area contributed by atoms with Crippen molar-refractivity contribution < 1.29 is 31.5 Å². The summed E-state index contributed by atoms with van der Waals surface area (Å²) in [7, 11) is -4.35. The number of hydrogen-bond donors (Lipinski definition) is 1. The van der Waals surface area contributed by atoms with Crippen LogP contribution in [-0.2, 0) is 29.2 Å². The van der Waals surface area contributed by atoms with Gasteiger partial charge < -0.3 is 9.84 Å². The first-order chi connectivity index (χ1) is 10.0. The number of aliphatic hydroxyl groups is 1. The Balaban J connectivity index is 0. The van der Waals surface area contributed by atoms with E-state index in [0.717, 1.165) is 6.42 Å². The third-order valence-corrected chi connectivity index (χ3v) is 4.61. The van der Waals surface area contributed by atoms with Gasteiger partial charge in [0.15, 0.2) is 0 Å². The van der Waals surface area contributed by atoms with E-state index in [1.54, 1.807) is 0 Å². The van der Waals surface area contributed by atoms with Crippen LogP contribution >= 0.6 is 0 Å². The predicted octanol–water partition coefficient (Wildman–Crippen LogP) is 0.568. The number of carbonyl (C=O) groups excluding carboxylic acids is 1. The van der Waals surface area contributed by atoms with Gasteiger partial charge in [-0.25, -0.2) is 16.8 Å². The Labute approximate surface area is 133 Å². The molecule has 0 unspecified atom stereocenters. The van der Waals surface area contributed by atoms with Crippen LogP contribution in [0.15, 0.2) is 0 Å². The van der Waals surface area contributed by atoms with Crippen LogP contribution in [0.25, 0.3) is 0 Å². The van der Waals surface area contributed by atoms with Gasteiger partial charge in [-0.1, -0.05) is 6.42 Å². The minimum Gasteiger partial charge on any atom is -0.469 e. The number of carbonyl (C=O) groups is 1. The Morgan fingerprint density at radius 2 is 1.32 bits per heavy atom. The van der Waals surface area contributed by atoms with Crippen molar-refractivity contribution in [2.75, 3.05) is 37.7 Å². The SMILES string of the molecule is COC(=O)CCCCS(C)(=O)=O.CS(=O)(=O)CCCCCO. The van der Waals surface area contributed by atoms with Crippen molar-refractivity contribution in [2.45, 2.75) is 38.5 Å². The molecular weight excluding hydrogens is 332 g/mol. The first-order valence-electron chi connectivity index (χ1n) is 7.05. The molecule has 134 valence electrons. The molecule has 9 heteroatoms. The van der Waals surface area contributed by atoms with Gasteiger partial charge in [0.2, 0.25) is 0 Å². The Morgan fingerprint density at radius 3 is 1.68 bits per heavy atom. The molecule has 0 fully saturated rings. The molecule has 0 spiro atoms. The van der Waals surface area contributed by atoms with E-state index in [-0.39, 0.29) is 24.1 Å². The average molecular weight is 360 g/mol. The van der Waals surface area contributed by atoms with Crippen molar-refractivity contribution in [3.05, 3.63) is 0 Å². The molecule has 0 aliphatic carbocycles. The minimum absolute atomic E-state index is 0.143. The molecule has 0 rings (SSSR count). The average Bonchev–Trinajstić information content (AvgIpc) is 2.38. The normalized spacial score (nSPS) is 11.5. The number of methoxy groups -OCH3 is 1. The minimum atomic E-state index is -2.88. The van der Waals surface area contributed by atoms with Crippen molar-refractivity contribution >= 4 is 25.6 Å². The lowest BCUT2D eigenvalue weighted by atomic mass is 10.2. The van der Waals surface area contributed by atoms with Gasteiger partial charge in [0, 0.05) is 37.0 Å². The molecule has 0 aromatic rings. The van der Waals surface area contributed by atoms with E-state index in [0.29, 0.717) is 32.1 Å². The molecule has 0 radical (unpaired) electrons. The van der Waals surface area contributed by atoms with Gasteiger partial charge in [-0.05, 0) is 25.7 Å². The fourth-order valence-electron chi connectivity index (χ4n) is 1.39. The van der Waals surface area contributed by atoms with E-state index in [2.05, 4.69) is 4.74 Å². The molecule has 0 saturated heterocycles. The molecule has 0 aromatic heterocycles. The molecule has 0 aliphatic rings. The second-order valence-electron chi connectivity index (χ2n) is 5.08. The van der Waals surface area contributed by atoms with Gasteiger partial charge in [0.25, 0.3) is 0 Å². The number of aliphatic hydroxyl groups excluding tert-OH is 1. The summed E-state index contributed by atoms with van der Waals surface area (Å²) in [5.74, 6) is 0.0975. The molecular formula is C13H28O7S2. The number of sulfone groups is 2. The maximum Gasteiger partial charge on any atom is 0.305 e. The van der Waals surface area contributed by atoms with Crippen molar-refractivity contribution in [1.29, 1.82) is 0 Å². The fraction of sp³-hybridized carbons (Fsp3) is 0.923. The predicted molar refractivity (Wildman–Crippen MR) is 86.2 cm³/mol. The van der Waals surface area contributed by atoms with Crippen LogP contribution in [0.3, 0.4) is 0 Å². The van der Waals surface area contributed by atoms with Crippen molar-refractivity contribution in [1.82, 2.24) is 0 Å². The summed E-state index contributed by atoms with van der Waals surface area (Å²) in [6, 6.07) is 0. The molecule has 0 aromatic carbocycles. The maximum atomic E-state index is 10.6. The third kappa shape index (κ3) is 24.4. The molecule has 0 bridgehead atoms. The second-order valence-corrected chi connectivity index (χ2v) is 9.60. The highest BCUT2D eigenvalue weighted by Gasteiger charge is 2.03. The van der Waals surface area contributed by atoms with E-state index in [4.69, 9.17) is 5.11 Å². The number of ether oxygens (including phenoxy) is 1. The third-order valence-electron chi connectivity index (χ3n) is 2.55. The molecule has 0 saturated carbocycles. The zero-order valence-electron chi connectivity index (χ0n) is 13.6. The van der Waals surface area contributed by atoms with Crippen molar-refractivity contribution in [3.8, 4) is 0 Å². The molecule has 0 atom stereocenters. The van der Waals surface area contributed by atoms with E-state index >= 15 is 0 Å². The van der Waals surface area contributed by atoms with E-state index in [1.807, 2.05) is 0 Å². The highest BCUT2D eigenvalue weighted by Crippen LogP contribution is 1.99. The highest BCUT2D eigenvalue weighted by molar-refractivity contribution is 7.90. The molecule has 1 N–H and O–H groups in total. The zero-order chi connectivity index (χ0) is 17.6. The smallest absolute Gasteiger partial charge is 0.305 e.